The number of piperidine rings is 2. The molecular weight excluding hydrogens is 412 g/mol. The van der Waals surface area contributed by atoms with Gasteiger partial charge in [-0.3, -0.25) is 9.78 Å². The highest BCUT2D eigenvalue weighted by Gasteiger charge is 2.35. The third kappa shape index (κ3) is 5.60. The van der Waals surface area contributed by atoms with Gasteiger partial charge in [-0.15, -0.1) is 0 Å². The Balaban J connectivity index is 1.50. The van der Waals surface area contributed by atoms with Crippen LogP contribution in [-0.2, 0) is 6.42 Å². The zero-order valence-corrected chi connectivity index (χ0v) is 19.3. The van der Waals surface area contributed by atoms with E-state index in [0.29, 0.717) is 38.2 Å². The molecule has 3 heterocycles. The van der Waals surface area contributed by atoms with Gasteiger partial charge in [-0.25, -0.2) is 4.79 Å². The fourth-order valence-electron chi connectivity index (χ4n) is 5.09. The van der Waals surface area contributed by atoms with Crippen LogP contribution in [0.5, 0.6) is 0 Å². The van der Waals surface area contributed by atoms with Gasteiger partial charge < -0.3 is 9.80 Å². The van der Waals surface area contributed by atoms with Crippen molar-refractivity contribution in [3.8, 4) is 6.07 Å². The number of pyridine rings is 1. The largest absolute Gasteiger partial charge is 0.325 e. The SMILES string of the molecule is CCc1ccc(C2CC(CC(=O)c3ccncc3)CN(C(=O)N3CCC(C#N)CC3)C2)cc1. The van der Waals surface area contributed by atoms with Crippen molar-refractivity contribution in [1.82, 2.24) is 14.8 Å². The number of benzene rings is 1. The fourth-order valence-corrected chi connectivity index (χ4v) is 5.09. The van der Waals surface area contributed by atoms with E-state index in [4.69, 9.17) is 0 Å². The van der Waals surface area contributed by atoms with Crippen LogP contribution in [0.25, 0.3) is 0 Å². The summed E-state index contributed by atoms with van der Waals surface area (Å²) in [4.78, 5) is 34.2. The van der Waals surface area contributed by atoms with Gasteiger partial charge >= 0.3 is 6.03 Å². The first kappa shape index (κ1) is 23.0. The van der Waals surface area contributed by atoms with E-state index in [1.165, 1.54) is 11.1 Å². The summed E-state index contributed by atoms with van der Waals surface area (Å²) in [5, 5.41) is 9.18. The van der Waals surface area contributed by atoms with Crippen LogP contribution in [0, 0.1) is 23.2 Å². The topological polar surface area (TPSA) is 77.3 Å². The summed E-state index contributed by atoms with van der Waals surface area (Å²) < 4.78 is 0. The first-order valence-electron chi connectivity index (χ1n) is 12.0. The summed E-state index contributed by atoms with van der Waals surface area (Å²) in [6.45, 7) is 4.67. The fraction of sp³-hybridized carbons (Fsp3) is 0.481. The molecule has 6 heteroatoms. The summed E-state index contributed by atoms with van der Waals surface area (Å²) >= 11 is 0. The number of hydrogen-bond acceptors (Lipinski definition) is 4. The molecule has 2 aromatic rings. The number of urea groups is 1. The summed E-state index contributed by atoms with van der Waals surface area (Å²) in [5.41, 5.74) is 3.21. The lowest BCUT2D eigenvalue weighted by Gasteiger charge is -2.41. The molecule has 0 N–H and O–H groups in total. The monoisotopic (exact) mass is 444 g/mol. The number of aryl methyl sites for hydroxylation is 1. The molecule has 2 aliphatic heterocycles. The lowest BCUT2D eigenvalue weighted by atomic mass is 9.81. The second kappa shape index (κ2) is 10.6. The van der Waals surface area contributed by atoms with Crippen LogP contribution in [0.1, 0.15) is 60.0 Å². The maximum absolute atomic E-state index is 13.4. The van der Waals surface area contributed by atoms with E-state index >= 15 is 0 Å². The van der Waals surface area contributed by atoms with Crippen molar-refractivity contribution in [3.05, 3.63) is 65.5 Å². The lowest BCUT2D eigenvalue weighted by molar-refractivity contribution is 0.0873. The van der Waals surface area contributed by atoms with E-state index < -0.39 is 0 Å². The van der Waals surface area contributed by atoms with Gasteiger partial charge in [0.1, 0.15) is 0 Å². The first-order chi connectivity index (χ1) is 16.1. The minimum absolute atomic E-state index is 0.0441. The number of amides is 2. The molecule has 2 saturated heterocycles. The second-order valence-corrected chi connectivity index (χ2v) is 9.33. The van der Waals surface area contributed by atoms with Crippen LogP contribution >= 0.6 is 0 Å². The molecule has 0 spiro atoms. The maximum atomic E-state index is 13.4. The van der Waals surface area contributed by atoms with Gasteiger partial charge in [0.05, 0.1) is 6.07 Å². The van der Waals surface area contributed by atoms with Crippen molar-refractivity contribution >= 4 is 11.8 Å². The molecule has 2 aliphatic rings. The molecule has 0 bridgehead atoms. The van der Waals surface area contributed by atoms with Gasteiger partial charge in [-0.2, -0.15) is 5.26 Å². The van der Waals surface area contributed by atoms with Gasteiger partial charge in [0.15, 0.2) is 5.78 Å². The number of Topliss-reactive ketones (excluding diaryl/α,β-unsaturated/α-hetero) is 1. The Hall–Kier alpha value is -3.20. The highest BCUT2D eigenvalue weighted by atomic mass is 16.2. The molecule has 0 aliphatic carbocycles. The van der Waals surface area contributed by atoms with E-state index in [1.54, 1.807) is 24.5 Å². The van der Waals surface area contributed by atoms with Crippen molar-refractivity contribution in [1.29, 1.82) is 5.26 Å². The molecule has 4 rings (SSSR count). The quantitative estimate of drug-likeness (QED) is 0.628. The zero-order valence-electron chi connectivity index (χ0n) is 19.3. The molecule has 1 aromatic heterocycles. The minimum Gasteiger partial charge on any atom is -0.325 e. The Labute approximate surface area is 196 Å². The van der Waals surface area contributed by atoms with Crippen LogP contribution in [-0.4, -0.2) is 52.8 Å². The molecular formula is C27H32N4O2. The number of nitrogens with zero attached hydrogens (tertiary/aromatic N) is 4. The Morgan fingerprint density at radius 2 is 1.73 bits per heavy atom. The molecule has 0 saturated carbocycles. The molecule has 0 radical (unpaired) electrons. The van der Waals surface area contributed by atoms with Gasteiger partial charge in [0.25, 0.3) is 0 Å². The normalized spacial score (nSPS) is 21.5. The average Bonchev–Trinajstić information content (AvgIpc) is 2.88. The summed E-state index contributed by atoms with van der Waals surface area (Å²) in [5.74, 6) is 0.467. The Bertz CT molecular complexity index is 991. The molecule has 33 heavy (non-hydrogen) atoms. The molecule has 172 valence electrons. The van der Waals surface area contributed by atoms with Crippen molar-refractivity contribution in [3.63, 3.8) is 0 Å². The second-order valence-electron chi connectivity index (χ2n) is 9.33. The zero-order chi connectivity index (χ0) is 23.2. The number of carbonyl (C=O) groups excluding carboxylic acids is 2. The van der Waals surface area contributed by atoms with Crippen LogP contribution < -0.4 is 0 Å². The van der Waals surface area contributed by atoms with Gasteiger partial charge in [-0.1, -0.05) is 31.2 Å². The van der Waals surface area contributed by atoms with E-state index in [9.17, 15) is 14.9 Å². The molecule has 2 fully saturated rings. The Morgan fingerprint density at radius 3 is 2.36 bits per heavy atom. The summed E-state index contributed by atoms with van der Waals surface area (Å²) in [6, 6.07) is 14.6. The molecule has 2 unspecified atom stereocenters. The number of nitriles is 1. The number of carbonyl (C=O) groups is 2. The van der Waals surface area contributed by atoms with Crippen LogP contribution in [0.3, 0.4) is 0 Å². The van der Waals surface area contributed by atoms with Gasteiger partial charge in [-0.05, 0) is 54.9 Å². The molecule has 2 amide bonds. The van der Waals surface area contributed by atoms with Crippen molar-refractivity contribution < 1.29 is 9.59 Å². The van der Waals surface area contributed by atoms with Gasteiger partial charge in [0, 0.05) is 62.4 Å². The van der Waals surface area contributed by atoms with Crippen LogP contribution in [0.2, 0.25) is 0 Å². The van der Waals surface area contributed by atoms with Crippen LogP contribution in [0.4, 0.5) is 4.79 Å². The van der Waals surface area contributed by atoms with E-state index in [2.05, 4.69) is 42.2 Å². The van der Waals surface area contributed by atoms with E-state index in [-0.39, 0.29) is 29.6 Å². The van der Waals surface area contributed by atoms with Crippen molar-refractivity contribution in [2.45, 2.75) is 44.9 Å². The third-order valence-corrected chi connectivity index (χ3v) is 7.09. The minimum atomic E-state index is 0.0441. The predicted molar refractivity (Wildman–Crippen MR) is 127 cm³/mol. The number of ketones is 1. The van der Waals surface area contributed by atoms with E-state index in [1.807, 2.05) is 9.80 Å². The van der Waals surface area contributed by atoms with E-state index in [0.717, 1.165) is 25.7 Å². The highest BCUT2D eigenvalue weighted by molar-refractivity contribution is 5.96. The number of aromatic nitrogens is 1. The number of hydrogen-bond donors (Lipinski definition) is 0. The average molecular weight is 445 g/mol. The smallest absolute Gasteiger partial charge is 0.320 e. The molecule has 2 atom stereocenters. The lowest BCUT2D eigenvalue weighted by Crippen LogP contribution is -2.51. The predicted octanol–water partition coefficient (Wildman–Crippen LogP) is 4.68. The van der Waals surface area contributed by atoms with Crippen molar-refractivity contribution in [2.24, 2.45) is 11.8 Å². The van der Waals surface area contributed by atoms with Crippen LogP contribution in [0.15, 0.2) is 48.8 Å². The first-order valence-corrected chi connectivity index (χ1v) is 12.0. The van der Waals surface area contributed by atoms with Crippen molar-refractivity contribution in [2.75, 3.05) is 26.2 Å². The summed E-state index contributed by atoms with van der Waals surface area (Å²) in [6.07, 6.45) is 7.08. The Kier molecular flexibility index (Phi) is 7.39. The standard InChI is InChI=1S/C27H32N4O2/c1-2-20-3-5-23(6-4-20)25-15-22(16-26(32)24-7-11-29-12-8-24)18-31(19-25)27(33)30-13-9-21(17-28)10-14-30/h3-8,11-12,21-22,25H,2,9-10,13-16,18-19H2,1H3. The third-order valence-electron chi connectivity index (χ3n) is 7.09. The highest BCUT2D eigenvalue weighted by Crippen LogP contribution is 2.34. The molecule has 6 nitrogen and oxygen atoms in total. The Morgan fingerprint density at radius 1 is 1.03 bits per heavy atom. The molecule has 1 aromatic carbocycles. The van der Waals surface area contributed by atoms with Gasteiger partial charge in [0.2, 0.25) is 0 Å². The maximum Gasteiger partial charge on any atom is 0.320 e. The summed E-state index contributed by atoms with van der Waals surface area (Å²) in [7, 11) is 0. The number of likely N-dealkylation sites (tertiary alicyclic amines) is 2. The number of rotatable bonds is 5.